The molecule has 0 aliphatic carbocycles. The molecule has 0 fully saturated rings. The van der Waals surface area contributed by atoms with Crippen molar-refractivity contribution in [3.05, 3.63) is 95.8 Å². The number of benzene rings is 2. The van der Waals surface area contributed by atoms with Crippen LogP contribution in [0.25, 0.3) is 16.9 Å². The fourth-order valence-electron chi connectivity index (χ4n) is 5.10. The summed E-state index contributed by atoms with van der Waals surface area (Å²) in [5.41, 5.74) is 5.51. The van der Waals surface area contributed by atoms with E-state index in [4.69, 9.17) is 9.84 Å². The number of ether oxygens (including phenoxy) is 1. The Kier molecular flexibility index (Phi) is 7.64. The first kappa shape index (κ1) is 29.1. The summed E-state index contributed by atoms with van der Waals surface area (Å²) in [6.07, 6.45) is 6.17. The Morgan fingerprint density at radius 1 is 0.977 bits per heavy atom. The Hall–Kier alpha value is -5.03. The Bertz CT molecular complexity index is 1840. The summed E-state index contributed by atoms with van der Waals surface area (Å²) in [5.74, 6) is 0.622. The predicted molar refractivity (Wildman–Crippen MR) is 168 cm³/mol. The van der Waals surface area contributed by atoms with Gasteiger partial charge in [0.2, 0.25) is 0 Å². The van der Waals surface area contributed by atoms with Gasteiger partial charge in [0.05, 0.1) is 29.0 Å². The summed E-state index contributed by atoms with van der Waals surface area (Å²) in [6, 6.07) is 15.3. The van der Waals surface area contributed by atoms with Gasteiger partial charge in [0.15, 0.2) is 0 Å². The number of nitrogens with one attached hydrogen (secondary N) is 2. The van der Waals surface area contributed by atoms with Crippen molar-refractivity contribution in [2.24, 2.45) is 7.05 Å². The maximum atomic E-state index is 15.1. The van der Waals surface area contributed by atoms with Gasteiger partial charge in [0.25, 0.3) is 0 Å². The van der Waals surface area contributed by atoms with Crippen molar-refractivity contribution in [1.82, 2.24) is 29.4 Å². The summed E-state index contributed by atoms with van der Waals surface area (Å²) >= 11 is 0. The largest absolute Gasteiger partial charge is 0.457 e. The Morgan fingerprint density at radius 2 is 1.80 bits per heavy atom. The zero-order valence-corrected chi connectivity index (χ0v) is 25.4. The number of carbonyl (C=O) groups is 1. The second-order valence-corrected chi connectivity index (χ2v) is 12.1. The van der Waals surface area contributed by atoms with Gasteiger partial charge in [-0.1, -0.05) is 26.8 Å². The number of hydrogen-bond acceptors (Lipinski definition) is 6. The second kappa shape index (κ2) is 11.6. The summed E-state index contributed by atoms with van der Waals surface area (Å²) < 4.78 is 24.4. The van der Waals surface area contributed by atoms with Crippen molar-refractivity contribution in [3.63, 3.8) is 0 Å². The van der Waals surface area contributed by atoms with Crippen molar-refractivity contribution >= 4 is 17.5 Å². The summed E-state index contributed by atoms with van der Waals surface area (Å²) in [6.45, 7) is 8.07. The highest BCUT2D eigenvalue weighted by Gasteiger charge is 2.23. The minimum Gasteiger partial charge on any atom is -0.457 e. The van der Waals surface area contributed by atoms with E-state index >= 15 is 4.39 Å². The lowest BCUT2D eigenvalue weighted by atomic mass is 9.92. The molecule has 2 aromatic carbocycles. The van der Waals surface area contributed by atoms with Gasteiger partial charge in [0.1, 0.15) is 23.1 Å². The number of anilines is 2. The van der Waals surface area contributed by atoms with Gasteiger partial charge in [-0.15, -0.1) is 0 Å². The van der Waals surface area contributed by atoms with E-state index in [1.165, 1.54) is 23.3 Å². The number of pyridine rings is 1. The number of nitrogens with zero attached hydrogens (tertiary/aromatic N) is 6. The van der Waals surface area contributed by atoms with Gasteiger partial charge in [-0.05, 0) is 54.9 Å². The van der Waals surface area contributed by atoms with Crippen LogP contribution >= 0.6 is 0 Å². The van der Waals surface area contributed by atoms with E-state index in [1.807, 2.05) is 25.4 Å². The molecule has 1 aliphatic rings. The fraction of sp³-hybridized carbons (Fsp3) is 0.273. The monoisotopic (exact) mass is 594 g/mol. The van der Waals surface area contributed by atoms with Gasteiger partial charge in [-0.2, -0.15) is 10.2 Å². The molecule has 2 amide bonds. The lowest BCUT2D eigenvalue weighted by molar-refractivity contribution is 0.262. The van der Waals surface area contributed by atoms with E-state index in [2.05, 4.69) is 65.6 Å². The van der Waals surface area contributed by atoms with E-state index in [9.17, 15) is 4.79 Å². The van der Waals surface area contributed by atoms with Crippen LogP contribution in [-0.4, -0.2) is 49.1 Å². The highest BCUT2D eigenvalue weighted by atomic mass is 19.1. The van der Waals surface area contributed by atoms with E-state index in [-0.39, 0.29) is 16.9 Å². The molecule has 0 radical (unpaired) electrons. The van der Waals surface area contributed by atoms with Crippen molar-refractivity contribution < 1.29 is 13.9 Å². The molecule has 0 saturated carbocycles. The molecule has 2 N–H and O–H groups in total. The number of likely N-dealkylation sites (N-methyl/N-ethyl adjacent to an activating group) is 1. The highest BCUT2D eigenvalue weighted by molar-refractivity contribution is 5.99. The van der Waals surface area contributed by atoms with Crippen molar-refractivity contribution in [2.75, 3.05) is 24.2 Å². The van der Waals surface area contributed by atoms with Gasteiger partial charge in [-0.3, -0.25) is 15.0 Å². The molecule has 1 aliphatic heterocycles. The normalized spacial score (nSPS) is 13.4. The predicted octanol–water partition coefficient (Wildman–Crippen LogP) is 6.53. The van der Waals surface area contributed by atoms with Crippen LogP contribution in [0.1, 0.15) is 37.6 Å². The average molecular weight is 595 g/mol. The Balaban J connectivity index is 1.18. The third kappa shape index (κ3) is 6.32. The molecule has 0 spiro atoms. The molecule has 0 atom stereocenters. The SMILES string of the molecule is CN1CCc2ccc(-n3nc(C(C)(C)C)cc3NC(=O)Nc3ccc(Oc4ccnc(-c5cnn(C)c5)c4)cc3F)cc2C1. The van der Waals surface area contributed by atoms with E-state index in [1.54, 1.807) is 40.0 Å². The van der Waals surface area contributed by atoms with Crippen molar-refractivity contribution in [1.29, 1.82) is 0 Å². The number of hydrogen-bond donors (Lipinski definition) is 2. The zero-order chi connectivity index (χ0) is 31.0. The average Bonchev–Trinajstić information content (AvgIpc) is 3.61. The molecular weight excluding hydrogens is 559 g/mol. The molecule has 0 unspecified atom stereocenters. The van der Waals surface area contributed by atoms with Gasteiger partial charge in [0, 0.05) is 61.7 Å². The number of urea groups is 1. The second-order valence-electron chi connectivity index (χ2n) is 12.1. The zero-order valence-electron chi connectivity index (χ0n) is 25.4. The number of aromatic nitrogens is 5. The molecule has 3 aromatic heterocycles. The summed E-state index contributed by atoms with van der Waals surface area (Å²) in [4.78, 5) is 19.8. The molecule has 6 rings (SSSR count). The standard InChI is InChI=1S/C33H35FN8O2/c1-33(2,3)30-17-31(42(39-30)24-7-6-21-11-13-40(4)19-22(21)14-24)38-32(43)37-28-9-8-25(15-27(28)34)44-26-10-12-35-29(16-26)23-18-36-41(5)20-23/h6-10,12,14-18,20H,11,13,19H2,1-5H3,(H2,37,38,43). The molecule has 0 bridgehead atoms. The Labute approximate surface area is 255 Å². The summed E-state index contributed by atoms with van der Waals surface area (Å²) in [7, 11) is 3.93. The number of carbonyl (C=O) groups excluding carboxylic acids is 1. The highest BCUT2D eigenvalue weighted by Crippen LogP contribution is 2.30. The molecular formula is C33H35FN8O2. The third-order valence-corrected chi connectivity index (χ3v) is 7.51. The van der Waals surface area contributed by atoms with Crippen LogP contribution < -0.4 is 15.4 Å². The number of halogens is 1. The third-order valence-electron chi connectivity index (χ3n) is 7.51. The number of amides is 2. The Morgan fingerprint density at radius 3 is 2.55 bits per heavy atom. The molecule has 226 valence electrons. The minimum absolute atomic E-state index is 0.0135. The van der Waals surface area contributed by atoms with E-state index in [0.717, 1.165) is 36.5 Å². The van der Waals surface area contributed by atoms with Gasteiger partial charge >= 0.3 is 6.03 Å². The van der Waals surface area contributed by atoms with Crippen LogP contribution in [0, 0.1) is 5.82 Å². The van der Waals surface area contributed by atoms with Gasteiger partial charge in [-0.25, -0.2) is 13.9 Å². The number of fused-ring (bicyclic) bond motifs is 1. The van der Waals surface area contributed by atoms with Crippen molar-refractivity contribution in [2.45, 2.75) is 39.2 Å². The molecule has 4 heterocycles. The minimum atomic E-state index is -0.637. The van der Waals surface area contributed by atoms with E-state index < -0.39 is 11.8 Å². The van der Waals surface area contributed by atoms with Crippen LogP contribution in [0.3, 0.4) is 0 Å². The first-order chi connectivity index (χ1) is 21.0. The lowest BCUT2D eigenvalue weighted by Crippen LogP contribution is -2.26. The number of aryl methyl sites for hydroxylation is 1. The van der Waals surface area contributed by atoms with Crippen LogP contribution in [-0.2, 0) is 25.4 Å². The molecule has 5 aromatic rings. The fourth-order valence-corrected chi connectivity index (χ4v) is 5.10. The van der Waals surface area contributed by atoms with Crippen LogP contribution in [0.5, 0.6) is 11.5 Å². The lowest BCUT2D eigenvalue weighted by Gasteiger charge is -2.25. The van der Waals surface area contributed by atoms with Crippen LogP contribution in [0.4, 0.5) is 20.7 Å². The molecule has 10 nitrogen and oxygen atoms in total. The van der Waals surface area contributed by atoms with Crippen LogP contribution in [0.2, 0.25) is 0 Å². The smallest absolute Gasteiger partial charge is 0.324 e. The maximum Gasteiger partial charge on any atom is 0.324 e. The molecule has 11 heteroatoms. The van der Waals surface area contributed by atoms with E-state index in [0.29, 0.717) is 17.3 Å². The number of rotatable bonds is 6. The van der Waals surface area contributed by atoms with Gasteiger partial charge < -0.3 is 15.0 Å². The topological polar surface area (TPSA) is 102 Å². The van der Waals surface area contributed by atoms with Crippen molar-refractivity contribution in [3.8, 4) is 28.4 Å². The first-order valence-corrected chi connectivity index (χ1v) is 14.4. The molecule has 44 heavy (non-hydrogen) atoms. The summed E-state index contributed by atoms with van der Waals surface area (Å²) in [5, 5.41) is 14.5. The molecule has 0 saturated heterocycles. The quantitative estimate of drug-likeness (QED) is 0.232. The first-order valence-electron chi connectivity index (χ1n) is 14.4. The maximum absolute atomic E-state index is 15.1. The van der Waals surface area contributed by atoms with Crippen LogP contribution in [0.15, 0.2) is 73.2 Å².